The van der Waals surface area contributed by atoms with Crippen LogP contribution in [0.1, 0.15) is 11.6 Å². The van der Waals surface area contributed by atoms with Crippen LogP contribution in [-0.4, -0.2) is 21.7 Å². The molecule has 0 aliphatic heterocycles. The van der Waals surface area contributed by atoms with E-state index in [0.717, 1.165) is 22.8 Å². The number of thiazole rings is 1. The zero-order chi connectivity index (χ0) is 14.5. The van der Waals surface area contributed by atoms with E-state index in [4.69, 9.17) is 4.52 Å². The lowest BCUT2D eigenvalue weighted by Crippen LogP contribution is -2.16. The van der Waals surface area contributed by atoms with Crippen LogP contribution < -0.4 is 5.32 Å². The van der Waals surface area contributed by atoms with Crippen molar-refractivity contribution in [2.24, 2.45) is 0 Å². The Morgan fingerprint density at radius 2 is 2.10 bits per heavy atom. The van der Waals surface area contributed by atoms with E-state index in [1.807, 2.05) is 5.38 Å². The summed E-state index contributed by atoms with van der Waals surface area (Å²) in [6.07, 6.45) is 2.08. The molecule has 0 amide bonds. The number of benzene rings is 1. The fourth-order valence-electron chi connectivity index (χ4n) is 1.83. The van der Waals surface area contributed by atoms with Crippen LogP contribution in [-0.2, 0) is 13.0 Å². The Balaban J connectivity index is 1.52. The third kappa shape index (κ3) is 3.71. The van der Waals surface area contributed by atoms with Crippen molar-refractivity contribution in [2.75, 3.05) is 6.54 Å². The van der Waals surface area contributed by atoms with Gasteiger partial charge < -0.3 is 9.84 Å². The lowest BCUT2D eigenvalue weighted by atomic mass is 10.2. The van der Waals surface area contributed by atoms with Gasteiger partial charge in [0.05, 0.1) is 5.69 Å². The minimum Gasteiger partial charge on any atom is -0.340 e. The zero-order valence-corrected chi connectivity index (χ0v) is 11.9. The maximum absolute atomic E-state index is 12.9. The Bertz CT molecular complexity index is 681. The number of halogens is 1. The van der Waals surface area contributed by atoms with Crippen molar-refractivity contribution in [2.45, 2.75) is 13.0 Å². The highest BCUT2D eigenvalue weighted by atomic mass is 32.1. The van der Waals surface area contributed by atoms with Crippen molar-refractivity contribution in [1.29, 1.82) is 0 Å². The maximum Gasteiger partial charge on any atom is 0.227 e. The lowest BCUT2D eigenvalue weighted by Gasteiger charge is -1.99. The molecule has 0 aliphatic carbocycles. The molecule has 108 valence electrons. The summed E-state index contributed by atoms with van der Waals surface area (Å²) in [6, 6.07) is 6.36. The summed E-state index contributed by atoms with van der Waals surface area (Å²) < 4.78 is 17.8. The Kier molecular flexibility index (Phi) is 4.32. The fourth-order valence-corrected chi connectivity index (χ4v) is 2.66. The van der Waals surface area contributed by atoms with E-state index in [9.17, 15) is 4.39 Å². The molecule has 1 aromatic carbocycles. The molecule has 3 aromatic rings. The molecule has 0 bridgehead atoms. The molecule has 0 saturated heterocycles. The van der Waals surface area contributed by atoms with Gasteiger partial charge in [-0.05, 0) is 24.3 Å². The molecule has 21 heavy (non-hydrogen) atoms. The summed E-state index contributed by atoms with van der Waals surface area (Å²) in [7, 11) is 0. The van der Waals surface area contributed by atoms with Gasteiger partial charge in [0.1, 0.15) is 10.8 Å². The second kappa shape index (κ2) is 6.55. The van der Waals surface area contributed by atoms with E-state index in [0.29, 0.717) is 18.9 Å². The van der Waals surface area contributed by atoms with Gasteiger partial charge >= 0.3 is 0 Å². The van der Waals surface area contributed by atoms with E-state index >= 15 is 0 Å². The Morgan fingerprint density at radius 1 is 1.24 bits per heavy atom. The monoisotopic (exact) mass is 304 g/mol. The fraction of sp³-hybridized carbons (Fsp3) is 0.214. The van der Waals surface area contributed by atoms with Crippen molar-refractivity contribution in [3.63, 3.8) is 0 Å². The first-order valence-electron chi connectivity index (χ1n) is 6.48. The number of hydrogen-bond donors (Lipinski definition) is 1. The first kappa shape index (κ1) is 13.8. The molecular weight excluding hydrogens is 291 g/mol. The summed E-state index contributed by atoms with van der Waals surface area (Å²) in [5.74, 6) is 0.381. The molecule has 0 unspecified atom stereocenters. The minimum atomic E-state index is -0.238. The summed E-state index contributed by atoms with van der Waals surface area (Å²) in [5.41, 5.74) is 1.89. The van der Waals surface area contributed by atoms with Gasteiger partial charge in [-0.2, -0.15) is 4.98 Å². The SMILES string of the molecule is Fc1ccc(-c2nc(CNCCc3ncno3)cs2)cc1. The van der Waals surface area contributed by atoms with Crippen LogP contribution in [0.15, 0.2) is 40.5 Å². The minimum absolute atomic E-state index is 0.238. The molecule has 3 rings (SSSR count). The molecule has 7 heteroatoms. The van der Waals surface area contributed by atoms with E-state index in [-0.39, 0.29) is 5.82 Å². The smallest absolute Gasteiger partial charge is 0.227 e. The molecule has 1 N–H and O–H groups in total. The first-order chi connectivity index (χ1) is 10.3. The zero-order valence-electron chi connectivity index (χ0n) is 11.1. The van der Waals surface area contributed by atoms with Crippen molar-refractivity contribution in [3.8, 4) is 10.6 Å². The summed E-state index contributed by atoms with van der Waals surface area (Å²) in [4.78, 5) is 8.48. The highest BCUT2D eigenvalue weighted by molar-refractivity contribution is 7.13. The Morgan fingerprint density at radius 3 is 2.86 bits per heavy atom. The summed E-state index contributed by atoms with van der Waals surface area (Å²) >= 11 is 1.55. The molecule has 5 nitrogen and oxygen atoms in total. The van der Waals surface area contributed by atoms with Crippen molar-refractivity contribution >= 4 is 11.3 Å². The highest BCUT2D eigenvalue weighted by Crippen LogP contribution is 2.23. The van der Waals surface area contributed by atoms with Gasteiger partial charge in [0.2, 0.25) is 5.89 Å². The highest BCUT2D eigenvalue weighted by Gasteiger charge is 2.05. The molecule has 2 aromatic heterocycles. The van der Waals surface area contributed by atoms with Crippen LogP contribution in [0, 0.1) is 5.82 Å². The van der Waals surface area contributed by atoms with Crippen LogP contribution in [0.4, 0.5) is 4.39 Å². The average Bonchev–Trinajstić information content (AvgIpc) is 3.16. The molecule has 2 heterocycles. The normalized spacial score (nSPS) is 10.9. The van der Waals surface area contributed by atoms with Crippen molar-refractivity contribution < 1.29 is 8.91 Å². The number of nitrogens with zero attached hydrogens (tertiary/aromatic N) is 3. The predicted octanol–water partition coefficient (Wildman–Crippen LogP) is 2.66. The van der Waals surface area contributed by atoms with Crippen LogP contribution in [0.3, 0.4) is 0 Å². The van der Waals surface area contributed by atoms with Gasteiger partial charge in [-0.15, -0.1) is 11.3 Å². The largest absolute Gasteiger partial charge is 0.340 e. The second-order valence-electron chi connectivity index (χ2n) is 4.41. The molecule has 0 atom stereocenters. The van der Waals surface area contributed by atoms with E-state index in [1.165, 1.54) is 18.5 Å². The van der Waals surface area contributed by atoms with Crippen LogP contribution in [0.5, 0.6) is 0 Å². The van der Waals surface area contributed by atoms with Gasteiger partial charge in [-0.25, -0.2) is 9.37 Å². The molecule has 0 saturated carbocycles. The molecule has 0 fully saturated rings. The van der Waals surface area contributed by atoms with Crippen LogP contribution in [0.2, 0.25) is 0 Å². The number of aromatic nitrogens is 3. The lowest BCUT2D eigenvalue weighted by molar-refractivity contribution is 0.375. The van der Waals surface area contributed by atoms with Crippen molar-refractivity contribution in [1.82, 2.24) is 20.4 Å². The third-order valence-electron chi connectivity index (χ3n) is 2.87. The maximum atomic E-state index is 12.9. The van der Waals surface area contributed by atoms with E-state index in [2.05, 4.69) is 20.4 Å². The van der Waals surface area contributed by atoms with Gasteiger partial charge in [-0.3, -0.25) is 0 Å². The Labute approximate surface area is 124 Å². The molecular formula is C14H13FN4OS. The van der Waals surface area contributed by atoms with Gasteiger partial charge in [0, 0.05) is 30.5 Å². The first-order valence-corrected chi connectivity index (χ1v) is 7.36. The van der Waals surface area contributed by atoms with E-state index in [1.54, 1.807) is 23.5 Å². The third-order valence-corrected chi connectivity index (χ3v) is 3.81. The predicted molar refractivity (Wildman–Crippen MR) is 77.2 cm³/mol. The van der Waals surface area contributed by atoms with Gasteiger partial charge in [0.15, 0.2) is 6.33 Å². The molecule has 0 radical (unpaired) electrons. The number of hydrogen-bond acceptors (Lipinski definition) is 6. The van der Waals surface area contributed by atoms with Crippen molar-refractivity contribution in [3.05, 3.63) is 53.4 Å². The molecule has 0 spiro atoms. The van der Waals surface area contributed by atoms with Gasteiger partial charge in [-0.1, -0.05) is 5.16 Å². The Hall–Kier alpha value is -2.12. The van der Waals surface area contributed by atoms with Crippen LogP contribution >= 0.6 is 11.3 Å². The van der Waals surface area contributed by atoms with E-state index < -0.39 is 0 Å². The van der Waals surface area contributed by atoms with Gasteiger partial charge in [0.25, 0.3) is 0 Å². The number of rotatable bonds is 6. The topological polar surface area (TPSA) is 63.8 Å². The summed E-state index contributed by atoms with van der Waals surface area (Å²) in [6.45, 7) is 1.41. The second-order valence-corrected chi connectivity index (χ2v) is 5.27. The summed E-state index contributed by atoms with van der Waals surface area (Å²) in [5, 5.41) is 9.71. The average molecular weight is 304 g/mol. The standard InChI is InChI=1S/C14H13FN4OS/c15-11-3-1-10(2-4-11)14-19-12(8-21-14)7-16-6-5-13-17-9-18-20-13/h1-4,8-9,16H,5-7H2. The van der Waals surface area contributed by atoms with Crippen LogP contribution in [0.25, 0.3) is 10.6 Å². The number of nitrogens with one attached hydrogen (secondary N) is 1. The molecule has 0 aliphatic rings. The quantitative estimate of drug-likeness (QED) is 0.709.